The first-order chi connectivity index (χ1) is 13.1. The van der Waals surface area contributed by atoms with Crippen LogP contribution in [0.15, 0.2) is 58.4 Å². The highest BCUT2D eigenvalue weighted by atomic mass is 127. The van der Waals surface area contributed by atoms with Crippen molar-refractivity contribution in [3.05, 3.63) is 59.7 Å². The number of sulfone groups is 1. The number of rotatable bonds is 6. The Balaban J connectivity index is 0.00000420. The van der Waals surface area contributed by atoms with Gasteiger partial charge in [0.25, 0.3) is 0 Å². The van der Waals surface area contributed by atoms with Crippen LogP contribution in [0.3, 0.4) is 0 Å². The molecule has 2 N–H and O–H groups in total. The van der Waals surface area contributed by atoms with Crippen LogP contribution in [0, 0.1) is 0 Å². The van der Waals surface area contributed by atoms with E-state index < -0.39 is 9.84 Å². The van der Waals surface area contributed by atoms with Gasteiger partial charge in [0.1, 0.15) is 11.4 Å². The van der Waals surface area contributed by atoms with Crippen LogP contribution in [0.25, 0.3) is 0 Å². The summed E-state index contributed by atoms with van der Waals surface area (Å²) in [4.78, 5) is 4.55. The third kappa shape index (κ3) is 8.61. The summed E-state index contributed by atoms with van der Waals surface area (Å²) < 4.78 is 29.1. The van der Waals surface area contributed by atoms with Crippen molar-refractivity contribution in [2.75, 3.05) is 13.3 Å². The molecule has 0 saturated heterocycles. The fourth-order valence-corrected chi connectivity index (χ4v) is 3.15. The number of hydrogen-bond donors (Lipinski definition) is 2. The number of nitrogens with zero attached hydrogens (tertiary/aromatic N) is 1. The third-order valence-corrected chi connectivity index (χ3v) is 5.00. The predicted molar refractivity (Wildman–Crippen MR) is 129 cm³/mol. The maximum atomic E-state index is 11.5. The Kier molecular flexibility index (Phi) is 9.41. The van der Waals surface area contributed by atoms with Crippen molar-refractivity contribution in [2.45, 2.75) is 44.4 Å². The lowest BCUT2D eigenvalue weighted by Crippen LogP contribution is -2.36. The van der Waals surface area contributed by atoms with Crippen molar-refractivity contribution >= 4 is 39.8 Å². The fraction of sp³-hybridized carbons (Fsp3) is 0.381. The number of nitrogens with one attached hydrogen (secondary N) is 2. The number of guanidine groups is 1. The summed E-state index contributed by atoms with van der Waals surface area (Å²) in [5, 5.41) is 6.51. The summed E-state index contributed by atoms with van der Waals surface area (Å²) in [5.41, 5.74) is 1.73. The normalized spacial score (nSPS) is 12.1. The van der Waals surface area contributed by atoms with Gasteiger partial charge in [-0.3, -0.25) is 4.99 Å². The Hall–Kier alpha value is -1.81. The molecular formula is C21H30IN3O3S. The van der Waals surface area contributed by atoms with E-state index in [1.54, 1.807) is 31.3 Å². The number of aliphatic imine (C=N–C) groups is 1. The summed E-state index contributed by atoms with van der Waals surface area (Å²) in [7, 11) is -1.47. The van der Waals surface area contributed by atoms with Crippen LogP contribution in [0.5, 0.6) is 5.75 Å². The minimum atomic E-state index is -3.18. The predicted octanol–water partition coefficient (Wildman–Crippen LogP) is 3.75. The van der Waals surface area contributed by atoms with Gasteiger partial charge < -0.3 is 15.4 Å². The molecule has 160 valence electrons. The molecule has 0 aromatic heterocycles. The van der Waals surface area contributed by atoms with Crippen LogP contribution < -0.4 is 15.4 Å². The Bertz CT molecular complexity index is 921. The topological polar surface area (TPSA) is 79.8 Å². The van der Waals surface area contributed by atoms with E-state index >= 15 is 0 Å². The molecule has 0 radical (unpaired) electrons. The van der Waals surface area contributed by atoms with Crippen LogP contribution >= 0.6 is 24.0 Å². The van der Waals surface area contributed by atoms with Crippen LogP contribution in [0.2, 0.25) is 0 Å². The van der Waals surface area contributed by atoms with E-state index in [0.29, 0.717) is 23.9 Å². The largest absolute Gasteiger partial charge is 0.488 e. The second-order valence-electron chi connectivity index (χ2n) is 7.52. The first kappa shape index (κ1) is 25.2. The van der Waals surface area contributed by atoms with Crippen molar-refractivity contribution in [1.29, 1.82) is 0 Å². The standard InChI is InChI=1S/C21H29N3O3S.HI/c1-21(2,3)27-19-9-7-6-8-17(19)15-24-20(22-4)23-14-16-10-12-18(13-11-16)28(5,25)26;/h6-13H,14-15H2,1-5H3,(H2,22,23,24);1H. The van der Waals surface area contributed by atoms with E-state index in [1.165, 1.54) is 6.26 Å². The molecule has 0 aliphatic carbocycles. The fourth-order valence-electron chi connectivity index (χ4n) is 2.52. The summed E-state index contributed by atoms with van der Waals surface area (Å²) in [6.45, 7) is 7.16. The lowest BCUT2D eigenvalue weighted by molar-refractivity contribution is 0.129. The molecule has 0 bridgehead atoms. The molecule has 0 amide bonds. The molecule has 8 heteroatoms. The molecule has 0 atom stereocenters. The van der Waals surface area contributed by atoms with Gasteiger partial charge in [-0.25, -0.2) is 8.42 Å². The molecule has 0 unspecified atom stereocenters. The van der Waals surface area contributed by atoms with Crippen LogP contribution in [0.4, 0.5) is 0 Å². The maximum absolute atomic E-state index is 11.5. The highest BCUT2D eigenvalue weighted by Crippen LogP contribution is 2.22. The summed E-state index contributed by atoms with van der Waals surface area (Å²) in [6, 6.07) is 14.7. The van der Waals surface area contributed by atoms with Gasteiger partial charge in [-0.15, -0.1) is 24.0 Å². The van der Waals surface area contributed by atoms with Crippen LogP contribution in [-0.2, 0) is 22.9 Å². The maximum Gasteiger partial charge on any atom is 0.191 e. The first-order valence-electron chi connectivity index (χ1n) is 9.09. The minimum absolute atomic E-state index is 0. The Morgan fingerprint density at radius 1 is 1.00 bits per heavy atom. The molecule has 0 spiro atoms. The zero-order chi connectivity index (χ0) is 20.8. The van der Waals surface area contributed by atoms with E-state index in [9.17, 15) is 8.42 Å². The van der Waals surface area contributed by atoms with Gasteiger partial charge in [-0.1, -0.05) is 30.3 Å². The SMILES string of the molecule is CN=C(NCc1ccc(S(C)(=O)=O)cc1)NCc1ccccc1OC(C)(C)C.I. The molecule has 0 aliphatic rings. The van der Waals surface area contributed by atoms with Crippen LogP contribution in [0.1, 0.15) is 31.9 Å². The molecule has 0 aliphatic heterocycles. The van der Waals surface area contributed by atoms with Crippen molar-refractivity contribution < 1.29 is 13.2 Å². The average molecular weight is 531 g/mol. The molecule has 2 rings (SSSR count). The quantitative estimate of drug-likeness (QED) is 0.337. The van der Waals surface area contributed by atoms with Gasteiger partial charge >= 0.3 is 0 Å². The zero-order valence-electron chi connectivity index (χ0n) is 17.5. The van der Waals surface area contributed by atoms with E-state index in [0.717, 1.165) is 16.9 Å². The highest BCUT2D eigenvalue weighted by molar-refractivity contribution is 14.0. The average Bonchev–Trinajstić information content (AvgIpc) is 2.61. The molecule has 0 fully saturated rings. The lowest BCUT2D eigenvalue weighted by atomic mass is 10.1. The van der Waals surface area contributed by atoms with E-state index in [1.807, 2.05) is 45.0 Å². The van der Waals surface area contributed by atoms with Gasteiger partial charge in [0.15, 0.2) is 15.8 Å². The number of hydrogen-bond acceptors (Lipinski definition) is 4. The second kappa shape index (κ2) is 10.8. The number of benzene rings is 2. The Labute approximate surface area is 191 Å². The van der Waals surface area contributed by atoms with Crippen molar-refractivity contribution in [1.82, 2.24) is 10.6 Å². The van der Waals surface area contributed by atoms with Crippen molar-refractivity contribution in [3.63, 3.8) is 0 Å². The van der Waals surface area contributed by atoms with E-state index in [2.05, 4.69) is 15.6 Å². The summed E-state index contributed by atoms with van der Waals surface area (Å²) in [6.07, 6.45) is 1.20. The highest BCUT2D eigenvalue weighted by Gasteiger charge is 2.14. The van der Waals surface area contributed by atoms with Gasteiger partial charge in [0.2, 0.25) is 0 Å². The molecular weight excluding hydrogens is 501 g/mol. The zero-order valence-corrected chi connectivity index (χ0v) is 20.7. The number of halogens is 1. The van der Waals surface area contributed by atoms with Gasteiger partial charge in [-0.05, 0) is 44.5 Å². The van der Waals surface area contributed by atoms with Gasteiger partial charge in [-0.2, -0.15) is 0 Å². The molecule has 29 heavy (non-hydrogen) atoms. The minimum Gasteiger partial charge on any atom is -0.488 e. The first-order valence-corrected chi connectivity index (χ1v) is 11.0. The Morgan fingerprint density at radius 2 is 1.59 bits per heavy atom. The summed E-state index contributed by atoms with van der Waals surface area (Å²) in [5.74, 6) is 1.49. The number of para-hydroxylation sites is 1. The van der Waals surface area contributed by atoms with Crippen molar-refractivity contribution in [3.8, 4) is 5.75 Å². The van der Waals surface area contributed by atoms with E-state index in [4.69, 9.17) is 4.74 Å². The molecule has 0 saturated carbocycles. The van der Waals surface area contributed by atoms with Gasteiger partial charge in [0, 0.05) is 32.0 Å². The van der Waals surface area contributed by atoms with Crippen molar-refractivity contribution in [2.24, 2.45) is 4.99 Å². The van der Waals surface area contributed by atoms with Gasteiger partial charge in [0.05, 0.1) is 4.90 Å². The molecule has 2 aromatic rings. The van der Waals surface area contributed by atoms with E-state index in [-0.39, 0.29) is 29.6 Å². The summed E-state index contributed by atoms with van der Waals surface area (Å²) >= 11 is 0. The number of ether oxygens (including phenoxy) is 1. The third-order valence-electron chi connectivity index (χ3n) is 3.87. The monoisotopic (exact) mass is 531 g/mol. The Morgan fingerprint density at radius 3 is 2.14 bits per heavy atom. The molecule has 6 nitrogen and oxygen atoms in total. The lowest BCUT2D eigenvalue weighted by Gasteiger charge is -2.23. The second-order valence-corrected chi connectivity index (χ2v) is 9.53. The van der Waals surface area contributed by atoms with Crippen LogP contribution in [-0.4, -0.2) is 33.3 Å². The molecule has 0 heterocycles. The smallest absolute Gasteiger partial charge is 0.191 e. The molecule has 2 aromatic carbocycles.